The molecule has 27 heavy (non-hydrogen) atoms. The van der Waals surface area contributed by atoms with Gasteiger partial charge in [-0.1, -0.05) is 47.5 Å². The van der Waals surface area contributed by atoms with Gasteiger partial charge in [-0.2, -0.15) is 0 Å². The molecular formula is C22H24Cl2FNO. The normalized spacial score (nSPS) is 24.6. The number of nitrogens with zero attached hydrogens (tertiary/aromatic N) is 1. The van der Waals surface area contributed by atoms with Gasteiger partial charge >= 0.3 is 0 Å². The van der Waals surface area contributed by atoms with E-state index in [1.807, 2.05) is 44.4 Å². The molecular weight excluding hydrogens is 384 g/mol. The maximum atomic E-state index is 13.7. The van der Waals surface area contributed by atoms with Crippen LogP contribution in [0.2, 0.25) is 10.0 Å². The van der Waals surface area contributed by atoms with Crippen LogP contribution < -0.4 is 0 Å². The molecule has 2 atom stereocenters. The molecule has 0 aliphatic heterocycles. The Hall–Kier alpha value is -1.39. The Morgan fingerprint density at radius 1 is 1.19 bits per heavy atom. The van der Waals surface area contributed by atoms with Gasteiger partial charge < -0.3 is 10.0 Å². The van der Waals surface area contributed by atoms with Gasteiger partial charge in [-0.15, -0.1) is 0 Å². The predicted octanol–water partition coefficient (Wildman–Crippen LogP) is 5.77. The van der Waals surface area contributed by atoms with Crippen molar-refractivity contribution in [3.63, 3.8) is 0 Å². The summed E-state index contributed by atoms with van der Waals surface area (Å²) in [5.41, 5.74) is 1.34. The largest absolute Gasteiger partial charge is 0.380 e. The summed E-state index contributed by atoms with van der Waals surface area (Å²) in [5, 5.41) is 12.6. The highest BCUT2D eigenvalue weighted by Gasteiger charge is 2.44. The molecule has 0 bridgehead atoms. The minimum absolute atomic E-state index is 0.0127. The van der Waals surface area contributed by atoms with E-state index in [2.05, 4.69) is 4.90 Å². The van der Waals surface area contributed by atoms with Gasteiger partial charge in [0.15, 0.2) is 0 Å². The summed E-state index contributed by atoms with van der Waals surface area (Å²) in [6.07, 6.45) is 4.68. The minimum atomic E-state index is -1.19. The zero-order chi connectivity index (χ0) is 19.6. The molecule has 0 saturated heterocycles. The fourth-order valence-corrected chi connectivity index (χ4v) is 4.27. The van der Waals surface area contributed by atoms with Gasteiger partial charge in [0, 0.05) is 17.5 Å². The zero-order valence-electron chi connectivity index (χ0n) is 15.6. The number of halogens is 3. The maximum Gasteiger partial charge on any atom is 0.141 e. The highest BCUT2D eigenvalue weighted by molar-refractivity contribution is 6.31. The molecule has 5 heteroatoms. The number of hydrogen-bond acceptors (Lipinski definition) is 2. The average molecular weight is 408 g/mol. The second-order valence-corrected chi connectivity index (χ2v) is 8.31. The number of aliphatic hydroxyl groups is 1. The molecule has 1 saturated carbocycles. The number of benzene rings is 2. The summed E-state index contributed by atoms with van der Waals surface area (Å²) in [4.78, 5) is 2.08. The van der Waals surface area contributed by atoms with Crippen molar-refractivity contribution in [1.29, 1.82) is 0 Å². The van der Waals surface area contributed by atoms with E-state index in [0.717, 1.165) is 36.9 Å². The van der Waals surface area contributed by atoms with Crippen molar-refractivity contribution in [3.05, 3.63) is 75.0 Å². The monoisotopic (exact) mass is 407 g/mol. The van der Waals surface area contributed by atoms with E-state index >= 15 is 0 Å². The van der Waals surface area contributed by atoms with Crippen molar-refractivity contribution >= 4 is 29.3 Å². The Kier molecular flexibility index (Phi) is 6.27. The third-order valence-electron chi connectivity index (χ3n) is 5.24. The molecule has 144 valence electrons. The molecule has 0 aromatic heterocycles. The summed E-state index contributed by atoms with van der Waals surface area (Å²) >= 11 is 12.0. The molecule has 2 unspecified atom stereocenters. The van der Waals surface area contributed by atoms with Gasteiger partial charge in [0.25, 0.3) is 0 Å². The molecule has 2 aromatic rings. The summed E-state index contributed by atoms with van der Waals surface area (Å²) in [7, 11) is 3.99. The van der Waals surface area contributed by atoms with E-state index in [4.69, 9.17) is 23.2 Å². The Balaban J connectivity index is 2.11. The van der Waals surface area contributed by atoms with Crippen molar-refractivity contribution in [2.45, 2.75) is 24.9 Å². The first-order valence-corrected chi connectivity index (χ1v) is 9.85. The van der Waals surface area contributed by atoms with Gasteiger partial charge in [0.2, 0.25) is 0 Å². The first kappa shape index (κ1) is 20.3. The Morgan fingerprint density at radius 3 is 2.52 bits per heavy atom. The van der Waals surface area contributed by atoms with Crippen LogP contribution in [0.1, 0.15) is 30.4 Å². The number of hydrogen-bond donors (Lipinski definition) is 1. The first-order valence-electron chi connectivity index (χ1n) is 9.10. The van der Waals surface area contributed by atoms with Crippen molar-refractivity contribution in [3.8, 4) is 0 Å². The van der Waals surface area contributed by atoms with E-state index in [-0.39, 0.29) is 10.9 Å². The van der Waals surface area contributed by atoms with Gasteiger partial charge in [0.05, 0.1) is 5.02 Å². The first-order chi connectivity index (χ1) is 12.8. The number of rotatable bonds is 4. The highest BCUT2D eigenvalue weighted by Crippen LogP contribution is 2.47. The molecule has 2 aromatic carbocycles. The van der Waals surface area contributed by atoms with E-state index in [1.54, 1.807) is 12.1 Å². The average Bonchev–Trinajstić information content (AvgIpc) is 2.62. The minimum Gasteiger partial charge on any atom is -0.380 e. The fraction of sp³-hybridized carbons (Fsp3) is 0.364. The van der Waals surface area contributed by atoms with Crippen LogP contribution in [-0.4, -0.2) is 30.6 Å². The lowest BCUT2D eigenvalue weighted by Gasteiger charge is -2.44. The summed E-state index contributed by atoms with van der Waals surface area (Å²) in [6.45, 7) is 0.726. The smallest absolute Gasteiger partial charge is 0.141 e. The molecule has 0 radical (unpaired) electrons. The maximum absolute atomic E-state index is 13.7. The van der Waals surface area contributed by atoms with Crippen LogP contribution in [0.15, 0.2) is 48.0 Å². The second kappa shape index (κ2) is 8.32. The van der Waals surface area contributed by atoms with Crippen LogP contribution >= 0.6 is 23.2 Å². The predicted molar refractivity (Wildman–Crippen MR) is 111 cm³/mol. The molecule has 1 fully saturated rings. The Labute approximate surface area is 170 Å². The molecule has 1 aliphatic rings. The molecule has 3 rings (SSSR count). The lowest BCUT2D eigenvalue weighted by atomic mass is 9.67. The van der Waals surface area contributed by atoms with Crippen LogP contribution in [0.3, 0.4) is 0 Å². The van der Waals surface area contributed by atoms with E-state index in [1.165, 1.54) is 6.07 Å². The van der Waals surface area contributed by atoms with Crippen LogP contribution in [0.25, 0.3) is 6.08 Å². The summed E-state index contributed by atoms with van der Waals surface area (Å²) in [5.74, 6) is -0.492. The molecule has 0 spiro atoms. The summed E-state index contributed by atoms with van der Waals surface area (Å²) in [6, 6.07) is 12.1. The zero-order valence-corrected chi connectivity index (χ0v) is 17.1. The van der Waals surface area contributed by atoms with E-state index < -0.39 is 11.4 Å². The van der Waals surface area contributed by atoms with Crippen LogP contribution in [0.5, 0.6) is 0 Å². The quantitative estimate of drug-likeness (QED) is 0.695. The second-order valence-electron chi connectivity index (χ2n) is 7.47. The van der Waals surface area contributed by atoms with Gasteiger partial charge in [-0.05, 0) is 74.3 Å². The van der Waals surface area contributed by atoms with Crippen LogP contribution in [0.4, 0.5) is 4.39 Å². The van der Waals surface area contributed by atoms with Gasteiger partial charge in [-0.3, -0.25) is 0 Å². The molecule has 2 nitrogen and oxygen atoms in total. The molecule has 1 N–H and O–H groups in total. The lowest BCUT2D eigenvalue weighted by Crippen LogP contribution is -2.44. The fourth-order valence-electron chi connectivity index (χ4n) is 3.96. The molecule has 1 aliphatic carbocycles. The highest BCUT2D eigenvalue weighted by atomic mass is 35.5. The third-order valence-corrected chi connectivity index (χ3v) is 5.78. The SMILES string of the molecule is CN(C)CC1CCC/C(=C/c2ccc(Cl)cc2)C1(O)c1ccc(F)c(Cl)c1. The van der Waals surface area contributed by atoms with Crippen molar-refractivity contribution < 1.29 is 9.50 Å². The Morgan fingerprint density at radius 2 is 1.89 bits per heavy atom. The van der Waals surface area contributed by atoms with Gasteiger partial charge in [-0.25, -0.2) is 4.39 Å². The summed E-state index contributed by atoms with van der Waals surface area (Å²) < 4.78 is 13.7. The Bertz CT molecular complexity index is 835. The van der Waals surface area contributed by atoms with Crippen LogP contribution in [-0.2, 0) is 5.60 Å². The molecule has 0 heterocycles. The lowest BCUT2D eigenvalue weighted by molar-refractivity contribution is -0.0174. The molecule has 0 amide bonds. The topological polar surface area (TPSA) is 23.5 Å². The third kappa shape index (κ3) is 4.38. The van der Waals surface area contributed by atoms with Crippen molar-refractivity contribution in [2.24, 2.45) is 5.92 Å². The van der Waals surface area contributed by atoms with E-state index in [9.17, 15) is 9.50 Å². The van der Waals surface area contributed by atoms with Crippen molar-refractivity contribution in [2.75, 3.05) is 20.6 Å². The van der Waals surface area contributed by atoms with E-state index in [0.29, 0.717) is 10.6 Å². The van der Waals surface area contributed by atoms with Crippen molar-refractivity contribution in [1.82, 2.24) is 4.90 Å². The standard InChI is InChI=1S/C22H24Cl2FNO/c1-26(2)14-18-5-3-4-16(12-15-6-9-19(23)10-7-15)22(18,27)17-8-11-21(25)20(24)13-17/h6-13,18,27H,3-5,14H2,1-2H3/b16-12-. The van der Waals surface area contributed by atoms with Crippen LogP contribution in [0, 0.1) is 11.7 Å². The van der Waals surface area contributed by atoms with Gasteiger partial charge in [0.1, 0.15) is 11.4 Å².